The first kappa shape index (κ1) is 24.1. The summed E-state index contributed by atoms with van der Waals surface area (Å²) >= 11 is 3.62. The molecule has 0 spiro atoms. The second-order valence-electron chi connectivity index (χ2n) is 7.12. The lowest BCUT2D eigenvalue weighted by Gasteiger charge is -2.16. The van der Waals surface area contributed by atoms with E-state index >= 15 is 0 Å². The fourth-order valence-electron chi connectivity index (χ4n) is 3.16. The molecule has 32 heavy (non-hydrogen) atoms. The summed E-state index contributed by atoms with van der Waals surface area (Å²) in [6.07, 6.45) is 2.03. The number of amides is 1. The third kappa shape index (κ3) is 7.84. The smallest absolute Gasteiger partial charge is 0.220 e. The SMILES string of the molecule is COc1ccc(CCNC(=O)CCC(Sc2ccccc2)Sc2ccccc2)cc1OC. The lowest BCUT2D eigenvalue weighted by Crippen LogP contribution is -2.26. The molecular formula is C26H29NO3S2. The van der Waals surface area contributed by atoms with E-state index in [0.29, 0.717) is 24.5 Å². The predicted molar refractivity (Wildman–Crippen MR) is 134 cm³/mol. The number of ether oxygens (including phenoxy) is 2. The first-order valence-corrected chi connectivity index (χ1v) is 12.3. The highest BCUT2D eigenvalue weighted by atomic mass is 32.2. The number of methoxy groups -OCH3 is 2. The molecule has 0 aliphatic carbocycles. The number of thioether (sulfide) groups is 2. The van der Waals surface area contributed by atoms with Crippen LogP contribution in [0, 0.1) is 0 Å². The maximum Gasteiger partial charge on any atom is 0.220 e. The largest absolute Gasteiger partial charge is 0.493 e. The second kappa shape index (κ2) is 13.1. The van der Waals surface area contributed by atoms with Gasteiger partial charge in [-0.15, -0.1) is 23.5 Å². The van der Waals surface area contributed by atoms with Crippen LogP contribution in [0.25, 0.3) is 0 Å². The Morgan fingerprint density at radius 1 is 0.844 bits per heavy atom. The number of benzene rings is 3. The topological polar surface area (TPSA) is 47.6 Å². The summed E-state index contributed by atoms with van der Waals surface area (Å²) in [6, 6.07) is 26.6. The number of hydrogen-bond acceptors (Lipinski definition) is 5. The molecular weight excluding hydrogens is 438 g/mol. The molecule has 6 heteroatoms. The standard InChI is InChI=1S/C26H29NO3S2/c1-29-23-14-13-20(19-24(23)30-2)17-18-27-25(28)15-16-26(31-21-9-5-3-6-10-21)32-22-11-7-4-8-12-22/h3-14,19,26H,15-18H2,1-2H3,(H,27,28). The van der Waals surface area contributed by atoms with Gasteiger partial charge in [0.05, 0.1) is 18.8 Å². The number of carbonyl (C=O) groups excluding carboxylic acids is 1. The highest BCUT2D eigenvalue weighted by Gasteiger charge is 2.15. The van der Waals surface area contributed by atoms with Crippen LogP contribution >= 0.6 is 23.5 Å². The average Bonchev–Trinajstić information content (AvgIpc) is 2.83. The van der Waals surface area contributed by atoms with Crippen LogP contribution in [0.15, 0.2) is 88.7 Å². The molecule has 0 saturated heterocycles. The van der Waals surface area contributed by atoms with E-state index in [1.807, 2.05) is 78.1 Å². The summed E-state index contributed by atoms with van der Waals surface area (Å²) in [6.45, 7) is 0.594. The molecule has 0 radical (unpaired) electrons. The van der Waals surface area contributed by atoms with Gasteiger partial charge in [-0.05, 0) is 54.8 Å². The highest BCUT2D eigenvalue weighted by molar-refractivity contribution is 8.17. The summed E-state index contributed by atoms with van der Waals surface area (Å²) in [5.41, 5.74) is 1.10. The second-order valence-corrected chi connectivity index (χ2v) is 9.97. The zero-order chi connectivity index (χ0) is 22.6. The first-order chi connectivity index (χ1) is 15.7. The van der Waals surface area contributed by atoms with E-state index in [4.69, 9.17) is 9.47 Å². The lowest BCUT2D eigenvalue weighted by atomic mass is 10.1. The van der Waals surface area contributed by atoms with Crippen molar-refractivity contribution in [2.45, 2.75) is 33.6 Å². The fraction of sp³-hybridized carbons (Fsp3) is 0.269. The van der Waals surface area contributed by atoms with Gasteiger partial charge in [0, 0.05) is 22.8 Å². The summed E-state index contributed by atoms with van der Waals surface area (Å²) < 4.78 is 10.9. The Hall–Kier alpha value is -2.57. The van der Waals surface area contributed by atoms with Gasteiger partial charge < -0.3 is 14.8 Å². The molecule has 1 N–H and O–H groups in total. The fourth-order valence-corrected chi connectivity index (χ4v) is 5.73. The quantitative estimate of drug-likeness (QED) is 0.259. The number of hydrogen-bond donors (Lipinski definition) is 1. The van der Waals surface area contributed by atoms with Crippen molar-refractivity contribution in [3.8, 4) is 11.5 Å². The van der Waals surface area contributed by atoms with Crippen LogP contribution in [0.1, 0.15) is 18.4 Å². The Bertz CT molecular complexity index is 926. The molecule has 0 bridgehead atoms. The molecule has 0 aliphatic rings. The highest BCUT2D eigenvalue weighted by Crippen LogP contribution is 2.38. The third-order valence-electron chi connectivity index (χ3n) is 4.81. The minimum Gasteiger partial charge on any atom is -0.493 e. The van der Waals surface area contributed by atoms with Crippen LogP contribution in [0.4, 0.5) is 0 Å². The van der Waals surface area contributed by atoms with Crippen molar-refractivity contribution in [3.63, 3.8) is 0 Å². The Morgan fingerprint density at radius 2 is 1.44 bits per heavy atom. The minimum absolute atomic E-state index is 0.0813. The summed E-state index contributed by atoms with van der Waals surface area (Å²) in [7, 11) is 3.25. The van der Waals surface area contributed by atoms with Gasteiger partial charge in [-0.25, -0.2) is 0 Å². The van der Waals surface area contributed by atoms with Crippen molar-refractivity contribution in [2.24, 2.45) is 0 Å². The number of rotatable bonds is 12. The molecule has 0 atom stereocenters. The molecule has 3 aromatic rings. The molecule has 0 heterocycles. The van der Waals surface area contributed by atoms with Gasteiger partial charge in [0.1, 0.15) is 0 Å². The lowest BCUT2D eigenvalue weighted by molar-refractivity contribution is -0.121. The molecule has 1 amide bonds. The normalized spacial score (nSPS) is 10.7. The van der Waals surface area contributed by atoms with E-state index in [0.717, 1.165) is 18.4 Å². The van der Waals surface area contributed by atoms with E-state index in [2.05, 4.69) is 29.6 Å². The Morgan fingerprint density at radius 3 is 2.00 bits per heavy atom. The molecule has 0 fully saturated rings. The minimum atomic E-state index is 0.0813. The monoisotopic (exact) mass is 467 g/mol. The summed E-state index contributed by atoms with van der Waals surface area (Å²) in [4.78, 5) is 14.9. The number of nitrogens with one attached hydrogen (secondary N) is 1. The molecule has 0 saturated carbocycles. The van der Waals surface area contributed by atoms with Gasteiger partial charge in [-0.3, -0.25) is 4.79 Å². The van der Waals surface area contributed by atoms with Crippen LogP contribution in [0.2, 0.25) is 0 Å². The van der Waals surface area contributed by atoms with Gasteiger partial charge in [0.25, 0.3) is 0 Å². The van der Waals surface area contributed by atoms with Crippen LogP contribution in [-0.2, 0) is 11.2 Å². The van der Waals surface area contributed by atoms with Crippen molar-refractivity contribution in [1.29, 1.82) is 0 Å². The van der Waals surface area contributed by atoms with Gasteiger partial charge in [0.2, 0.25) is 5.91 Å². The maximum absolute atomic E-state index is 12.5. The van der Waals surface area contributed by atoms with Crippen molar-refractivity contribution >= 4 is 29.4 Å². The summed E-state index contributed by atoms with van der Waals surface area (Å²) in [5, 5.41) is 3.05. The van der Waals surface area contributed by atoms with Gasteiger partial charge in [-0.2, -0.15) is 0 Å². The molecule has 0 aliphatic heterocycles. The summed E-state index contributed by atoms with van der Waals surface area (Å²) in [5.74, 6) is 1.49. The maximum atomic E-state index is 12.5. The zero-order valence-corrected chi connectivity index (χ0v) is 20.1. The Kier molecular flexibility index (Phi) is 9.85. The van der Waals surface area contributed by atoms with Crippen LogP contribution < -0.4 is 14.8 Å². The van der Waals surface area contributed by atoms with Gasteiger partial charge in [-0.1, -0.05) is 42.5 Å². The third-order valence-corrected chi connectivity index (χ3v) is 7.48. The van der Waals surface area contributed by atoms with Crippen LogP contribution in [0.3, 0.4) is 0 Å². The zero-order valence-electron chi connectivity index (χ0n) is 18.5. The molecule has 3 aromatic carbocycles. The average molecular weight is 468 g/mol. The Labute approximate surface area is 199 Å². The van der Waals surface area contributed by atoms with E-state index in [9.17, 15) is 4.79 Å². The van der Waals surface area contributed by atoms with Gasteiger partial charge >= 0.3 is 0 Å². The molecule has 0 aromatic heterocycles. The molecule has 3 rings (SSSR count). The van der Waals surface area contributed by atoms with Gasteiger partial charge in [0.15, 0.2) is 11.5 Å². The Balaban J connectivity index is 1.49. The number of carbonyl (C=O) groups is 1. The van der Waals surface area contributed by atoms with E-state index in [-0.39, 0.29) is 10.5 Å². The molecule has 0 unspecified atom stereocenters. The van der Waals surface area contributed by atoms with E-state index < -0.39 is 0 Å². The van der Waals surface area contributed by atoms with E-state index in [1.165, 1.54) is 9.79 Å². The molecule has 168 valence electrons. The molecule has 4 nitrogen and oxygen atoms in total. The van der Waals surface area contributed by atoms with Crippen LogP contribution in [-0.4, -0.2) is 31.3 Å². The van der Waals surface area contributed by atoms with Crippen molar-refractivity contribution in [2.75, 3.05) is 20.8 Å². The predicted octanol–water partition coefficient (Wildman–Crippen LogP) is 6.05. The van der Waals surface area contributed by atoms with E-state index in [1.54, 1.807) is 14.2 Å². The van der Waals surface area contributed by atoms with Crippen molar-refractivity contribution in [3.05, 3.63) is 84.4 Å². The first-order valence-electron chi connectivity index (χ1n) is 10.6. The van der Waals surface area contributed by atoms with Crippen molar-refractivity contribution < 1.29 is 14.3 Å². The van der Waals surface area contributed by atoms with Crippen molar-refractivity contribution in [1.82, 2.24) is 5.32 Å². The van der Waals surface area contributed by atoms with Crippen LogP contribution in [0.5, 0.6) is 11.5 Å².